The van der Waals surface area contributed by atoms with E-state index < -0.39 is 0 Å². The monoisotopic (exact) mass is 689 g/mol. The molecule has 0 aliphatic carbocycles. The van der Waals surface area contributed by atoms with Gasteiger partial charge in [0.2, 0.25) is 0 Å². The quantitative estimate of drug-likeness (QED) is 0.166. The zero-order chi connectivity index (χ0) is 35.8. The molecule has 0 N–H and O–H groups in total. The zero-order valence-corrected chi connectivity index (χ0v) is 29.6. The Bertz CT molecular complexity index is 2910. The number of fused-ring (bicyclic) bond motifs is 5. The van der Waals surface area contributed by atoms with Gasteiger partial charge in [-0.3, -0.25) is 0 Å². The van der Waals surface area contributed by atoms with Crippen LogP contribution in [0.15, 0.2) is 217 Å². The van der Waals surface area contributed by atoms with Crippen molar-refractivity contribution in [2.45, 2.75) is 0 Å². The molecule has 2 heteroatoms. The third kappa shape index (κ3) is 5.71. The first-order valence-electron chi connectivity index (χ1n) is 18.4. The molecule has 0 spiro atoms. The second kappa shape index (κ2) is 13.4. The first-order chi connectivity index (χ1) is 26.8. The van der Waals surface area contributed by atoms with E-state index in [1.165, 1.54) is 33.0 Å². The molecular weight excluding hydrogens is 655 g/mol. The Hall–Kier alpha value is -7.16. The maximum atomic E-state index is 6.54. The Morgan fingerprint density at radius 2 is 0.778 bits per heavy atom. The fraction of sp³-hybridized carbons (Fsp3) is 0. The van der Waals surface area contributed by atoms with Gasteiger partial charge in [0.05, 0.1) is 0 Å². The topological polar surface area (TPSA) is 16.4 Å². The van der Waals surface area contributed by atoms with Crippen LogP contribution in [0.2, 0.25) is 0 Å². The van der Waals surface area contributed by atoms with E-state index in [0.717, 1.165) is 61.3 Å². The number of furan rings is 1. The second-order valence-corrected chi connectivity index (χ2v) is 13.7. The summed E-state index contributed by atoms with van der Waals surface area (Å²) in [6.07, 6.45) is 0. The summed E-state index contributed by atoms with van der Waals surface area (Å²) in [4.78, 5) is 2.33. The van der Waals surface area contributed by atoms with Crippen molar-refractivity contribution in [2.75, 3.05) is 4.90 Å². The maximum absolute atomic E-state index is 6.54. The van der Waals surface area contributed by atoms with Crippen molar-refractivity contribution in [2.24, 2.45) is 0 Å². The Morgan fingerprint density at radius 3 is 1.50 bits per heavy atom. The minimum absolute atomic E-state index is 0.894. The number of benzene rings is 9. The molecule has 254 valence electrons. The number of hydrogen-bond donors (Lipinski definition) is 0. The number of nitrogens with zero attached hydrogens (tertiary/aromatic N) is 1. The molecule has 2 nitrogen and oxygen atoms in total. The van der Waals surface area contributed by atoms with Crippen LogP contribution in [0.4, 0.5) is 17.1 Å². The SMILES string of the molecule is c1ccc(-c2ccc(N(c3ccccc3)c3cccc(-c4cccc(-c5ccc6oc7cc(-c8ccccc8)c8ccccc8c7c6c5)c4)c3)cc2)cc1. The molecule has 0 amide bonds. The van der Waals surface area contributed by atoms with Crippen LogP contribution in [0.3, 0.4) is 0 Å². The van der Waals surface area contributed by atoms with Crippen molar-refractivity contribution in [1.29, 1.82) is 0 Å². The third-order valence-corrected chi connectivity index (χ3v) is 10.4. The molecular formula is C52H35NO. The summed E-state index contributed by atoms with van der Waals surface area (Å²) < 4.78 is 6.54. The maximum Gasteiger partial charge on any atom is 0.136 e. The van der Waals surface area contributed by atoms with Crippen molar-refractivity contribution in [3.8, 4) is 44.5 Å². The summed E-state index contributed by atoms with van der Waals surface area (Å²) in [7, 11) is 0. The molecule has 0 fully saturated rings. The summed E-state index contributed by atoms with van der Waals surface area (Å²) in [5.41, 5.74) is 14.5. The molecule has 54 heavy (non-hydrogen) atoms. The predicted octanol–water partition coefficient (Wildman–Crippen LogP) is 14.9. The molecule has 0 radical (unpaired) electrons. The Kier molecular flexibility index (Phi) is 7.85. The van der Waals surface area contributed by atoms with Crippen molar-refractivity contribution < 1.29 is 4.42 Å². The van der Waals surface area contributed by atoms with Crippen LogP contribution >= 0.6 is 0 Å². The molecule has 0 unspecified atom stereocenters. The van der Waals surface area contributed by atoms with E-state index in [1.54, 1.807) is 0 Å². The fourth-order valence-electron chi connectivity index (χ4n) is 7.84. The van der Waals surface area contributed by atoms with Gasteiger partial charge in [0.25, 0.3) is 0 Å². The van der Waals surface area contributed by atoms with Crippen LogP contribution in [0, 0.1) is 0 Å². The highest BCUT2D eigenvalue weighted by atomic mass is 16.3. The van der Waals surface area contributed by atoms with E-state index in [1.807, 2.05) is 0 Å². The lowest BCUT2D eigenvalue weighted by atomic mass is 9.94. The largest absolute Gasteiger partial charge is 0.456 e. The van der Waals surface area contributed by atoms with E-state index in [4.69, 9.17) is 4.42 Å². The van der Waals surface area contributed by atoms with Gasteiger partial charge in [-0.1, -0.05) is 152 Å². The number of anilines is 3. The van der Waals surface area contributed by atoms with Crippen LogP contribution in [-0.2, 0) is 0 Å². The van der Waals surface area contributed by atoms with Gasteiger partial charge in [0.15, 0.2) is 0 Å². The van der Waals surface area contributed by atoms with Crippen molar-refractivity contribution >= 4 is 49.8 Å². The van der Waals surface area contributed by atoms with Gasteiger partial charge >= 0.3 is 0 Å². The van der Waals surface area contributed by atoms with Gasteiger partial charge < -0.3 is 9.32 Å². The van der Waals surface area contributed by atoms with E-state index in [2.05, 4.69) is 217 Å². The summed E-state index contributed by atoms with van der Waals surface area (Å²) in [5.74, 6) is 0. The van der Waals surface area contributed by atoms with Crippen LogP contribution in [0.5, 0.6) is 0 Å². The van der Waals surface area contributed by atoms with Gasteiger partial charge in [-0.05, 0) is 116 Å². The van der Waals surface area contributed by atoms with Crippen molar-refractivity contribution in [3.63, 3.8) is 0 Å². The van der Waals surface area contributed by atoms with Crippen LogP contribution in [-0.4, -0.2) is 0 Å². The zero-order valence-electron chi connectivity index (χ0n) is 29.6. The van der Waals surface area contributed by atoms with Gasteiger partial charge in [0, 0.05) is 27.8 Å². The Morgan fingerprint density at radius 1 is 0.278 bits per heavy atom. The van der Waals surface area contributed by atoms with Gasteiger partial charge in [-0.15, -0.1) is 0 Å². The number of para-hydroxylation sites is 1. The highest BCUT2D eigenvalue weighted by Crippen LogP contribution is 2.42. The van der Waals surface area contributed by atoms with Crippen molar-refractivity contribution in [3.05, 3.63) is 212 Å². The first-order valence-corrected chi connectivity index (χ1v) is 18.4. The smallest absolute Gasteiger partial charge is 0.136 e. The lowest BCUT2D eigenvalue weighted by molar-refractivity contribution is 0.669. The average Bonchev–Trinajstić information content (AvgIpc) is 3.63. The molecule has 0 saturated carbocycles. The van der Waals surface area contributed by atoms with Crippen LogP contribution in [0.25, 0.3) is 77.2 Å². The normalized spacial score (nSPS) is 11.3. The molecule has 0 bridgehead atoms. The Labute approximate surface area is 314 Å². The van der Waals surface area contributed by atoms with Gasteiger partial charge in [-0.25, -0.2) is 0 Å². The molecule has 10 aromatic rings. The molecule has 1 aromatic heterocycles. The van der Waals surface area contributed by atoms with Crippen LogP contribution in [0.1, 0.15) is 0 Å². The van der Waals surface area contributed by atoms with E-state index in [-0.39, 0.29) is 0 Å². The lowest BCUT2D eigenvalue weighted by Gasteiger charge is -2.26. The molecule has 0 atom stereocenters. The minimum Gasteiger partial charge on any atom is -0.456 e. The molecule has 9 aromatic carbocycles. The molecule has 10 rings (SSSR count). The molecule has 0 aliphatic heterocycles. The second-order valence-electron chi connectivity index (χ2n) is 13.7. The summed E-state index contributed by atoms with van der Waals surface area (Å²) in [6, 6.07) is 75.7. The summed E-state index contributed by atoms with van der Waals surface area (Å²) in [5, 5.41) is 4.71. The fourth-order valence-corrected chi connectivity index (χ4v) is 7.84. The lowest BCUT2D eigenvalue weighted by Crippen LogP contribution is -2.09. The highest BCUT2D eigenvalue weighted by Gasteiger charge is 2.17. The molecule has 1 heterocycles. The average molecular weight is 690 g/mol. The molecule has 0 saturated heterocycles. The highest BCUT2D eigenvalue weighted by molar-refractivity contribution is 6.22. The van der Waals surface area contributed by atoms with Gasteiger partial charge in [-0.2, -0.15) is 0 Å². The number of rotatable bonds is 7. The first kappa shape index (κ1) is 31.6. The minimum atomic E-state index is 0.894. The third-order valence-electron chi connectivity index (χ3n) is 10.4. The van der Waals surface area contributed by atoms with E-state index >= 15 is 0 Å². The Balaban J connectivity index is 1.04. The molecule has 0 aliphatic rings. The predicted molar refractivity (Wildman–Crippen MR) is 228 cm³/mol. The standard InChI is InChI=1S/C52H35NO/c1-4-14-36(15-5-1)37-26-29-44(30-27-37)53(43-21-8-3-9-22-43)45-23-13-20-41(33-45)39-18-12-19-40(32-39)42-28-31-50-49(34-42)52-47-25-11-10-24-46(47)48(35-51(52)54-50)38-16-6-2-7-17-38/h1-35H. The van der Waals surface area contributed by atoms with Crippen molar-refractivity contribution in [1.82, 2.24) is 0 Å². The van der Waals surface area contributed by atoms with E-state index in [0.29, 0.717) is 0 Å². The van der Waals surface area contributed by atoms with E-state index in [9.17, 15) is 0 Å². The van der Waals surface area contributed by atoms with Gasteiger partial charge in [0.1, 0.15) is 11.2 Å². The summed E-state index contributed by atoms with van der Waals surface area (Å²) in [6.45, 7) is 0. The number of hydrogen-bond acceptors (Lipinski definition) is 2. The van der Waals surface area contributed by atoms with Crippen LogP contribution < -0.4 is 4.90 Å². The summed E-state index contributed by atoms with van der Waals surface area (Å²) >= 11 is 0.